The van der Waals surface area contributed by atoms with Crippen LogP contribution in [0.1, 0.15) is 97.3 Å². The first-order chi connectivity index (χ1) is 10.7. The quantitative estimate of drug-likeness (QED) is 0.188. The minimum atomic E-state index is -1.36. The third kappa shape index (κ3) is 11.3. The summed E-state index contributed by atoms with van der Waals surface area (Å²) in [5, 5.41) is 0. The molecular formula is C21H42Si. The van der Waals surface area contributed by atoms with Crippen LogP contribution in [-0.4, -0.2) is 8.07 Å². The molecule has 0 saturated heterocycles. The SMILES string of the molecule is C=C[Si](C=C)(CCCCCCC)CCCCCCCCCC. The minimum Gasteiger partial charge on any atom is -0.107 e. The molecule has 0 heterocycles. The largest absolute Gasteiger partial charge is 0.107 e. The summed E-state index contributed by atoms with van der Waals surface area (Å²) in [5.41, 5.74) is 4.61. The topological polar surface area (TPSA) is 0 Å². The molecule has 0 atom stereocenters. The Labute approximate surface area is 142 Å². The van der Waals surface area contributed by atoms with Crippen molar-refractivity contribution in [2.45, 2.75) is 109 Å². The molecule has 0 aromatic heterocycles. The Morgan fingerprint density at radius 2 is 0.864 bits per heavy atom. The van der Waals surface area contributed by atoms with Crippen LogP contribution in [0.4, 0.5) is 0 Å². The van der Waals surface area contributed by atoms with E-state index in [1.807, 2.05) is 0 Å². The second kappa shape index (κ2) is 15.6. The summed E-state index contributed by atoms with van der Waals surface area (Å²) in [7, 11) is -1.36. The summed E-state index contributed by atoms with van der Waals surface area (Å²) < 4.78 is 0. The standard InChI is InChI=1S/C21H42Si/c1-5-9-11-13-14-15-17-19-21-22(7-3,8-4)20-18-16-12-10-6-2/h7-8H,3-6,9-21H2,1-2H3. The molecule has 0 radical (unpaired) electrons. The van der Waals surface area contributed by atoms with Gasteiger partial charge in [0.25, 0.3) is 0 Å². The summed E-state index contributed by atoms with van der Waals surface area (Å²) in [6.45, 7) is 12.9. The zero-order chi connectivity index (χ0) is 16.5. The van der Waals surface area contributed by atoms with Crippen LogP contribution in [0.15, 0.2) is 24.6 Å². The summed E-state index contributed by atoms with van der Waals surface area (Å²) in [6.07, 6.45) is 18.3. The Kier molecular flexibility index (Phi) is 15.4. The van der Waals surface area contributed by atoms with E-state index in [0.29, 0.717) is 0 Å². The van der Waals surface area contributed by atoms with Gasteiger partial charge in [-0.2, -0.15) is 0 Å². The fourth-order valence-electron chi connectivity index (χ4n) is 3.26. The molecule has 0 aliphatic heterocycles. The first-order valence-corrected chi connectivity index (χ1v) is 12.6. The van der Waals surface area contributed by atoms with Crippen LogP contribution < -0.4 is 0 Å². The van der Waals surface area contributed by atoms with Crippen LogP contribution in [0.3, 0.4) is 0 Å². The molecule has 1 heteroatoms. The van der Waals surface area contributed by atoms with Crippen molar-refractivity contribution >= 4 is 8.07 Å². The van der Waals surface area contributed by atoms with Gasteiger partial charge in [-0.05, 0) is 0 Å². The van der Waals surface area contributed by atoms with Gasteiger partial charge >= 0.3 is 0 Å². The lowest BCUT2D eigenvalue weighted by Gasteiger charge is -2.24. The molecule has 0 nitrogen and oxygen atoms in total. The summed E-state index contributed by atoms with van der Waals surface area (Å²) in [5.74, 6) is 0. The highest BCUT2D eigenvalue weighted by Gasteiger charge is 2.24. The number of hydrogen-bond acceptors (Lipinski definition) is 0. The van der Waals surface area contributed by atoms with Gasteiger partial charge in [0.05, 0.1) is 0 Å². The summed E-state index contributed by atoms with van der Waals surface area (Å²) in [4.78, 5) is 0. The Hall–Kier alpha value is -0.303. The highest BCUT2D eigenvalue weighted by molar-refractivity contribution is 6.88. The lowest BCUT2D eigenvalue weighted by atomic mass is 10.1. The molecule has 0 N–H and O–H groups in total. The molecule has 0 unspecified atom stereocenters. The Morgan fingerprint density at radius 1 is 0.545 bits per heavy atom. The predicted molar refractivity (Wildman–Crippen MR) is 107 cm³/mol. The molecule has 22 heavy (non-hydrogen) atoms. The third-order valence-electron chi connectivity index (χ3n) is 5.05. The van der Waals surface area contributed by atoms with Gasteiger partial charge in [-0.3, -0.25) is 0 Å². The zero-order valence-electron chi connectivity index (χ0n) is 15.7. The molecule has 0 saturated carbocycles. The van der Waals surface area contributed by atoms with E-state index in [1.54, 1.807) is 0 Å². The van der Waals surface area contributed by atoms with Gasteiger partial charge in [0.1, 0.15) is 8.07 Å². The molecule has 0 aliphatic carbocycles. The maximum atomic E-state index is 4.16. The van der Waals surface area contributed by atoms with Gasteiger partial charge in [-0.15, -0.1) is 13.2 Å². The van der Waals surface area contributed by atoms with Crippen molar-refractivity contribution in [2.24, 2.45) is 0 Å². The number of hydrogen-bond donors (Lipinski definition) is 0. The maximum Gasteiger partial charge on any atom is 0.100 e. The molecule has 0 aliphatic rings. The van der Waals surface area contributed by atoms with Crippen LogP contribution in [0.2, 0.25) is 12.1 Å². The van der Waals surface area contributed by atoms with Crippen molar-refractivity contribution in [3.05, 3.63) is 24.6 Å². The number of rotatable bonds is 17. The Balaban J connectivity index is 3.78. The Morgan fingerprint density at radius 3 is 1.18 bits per heavy atom. The molecule has 0 aromatic carbocycles. The van der Waals surface area contributed by atoms with E-state index < -0.39 is 8.07 Å². The lowest BCUT2D eigenvalue weighted by molar-refractivity contribution is 0.583. The zero-order valence-corrected chi connectivity index (χ0v) is 16.7. The average Bonchev–Trinajstić information content (AvgIpc) is 2.55. The third-order valence-corrected chi connectivity index (χ3v) is 9.25. The second-order valence-electron chi connectivity index (χ2n) is 7.03. The van der Waals surface area contributed by atoms with Crippen molar-refractivity contribution in [1.29, 1.82) is 0 Å². The van der Waals surface area contributed by atoms with Gasteiger partial charge in [0, 0.05) is 0 Å². The first kappa shape index (κ1) is 21.7. The van der Waals surface area contributed by atoms with E-state index in [0.717, 1.165) is 0 Å². The smallest absolute Gasteiger partial charge is 0.100 e. The molecule has 0 spiro atoms. The van der Waals surface area contributed by atoms with E-state index >= 15 is 0 Å². The maximum absolute atomic E-state index is 4.16. The predicted octanol–water partition coefficient (Wildman–Crippen LogP) is 8.00. The van der Waals surface area contributed by atoms with Gasteiger partial charge < -0.3 is 0 Å². The van der Waals surface area contributed by atoms with E-state index in [1.165, 1.54) is 95.6 Å². The van der Waals surface area contributed by atoms with Gasteiger partial charge in [0.15, 0.2) is 0 Å². The van der Waals surface area contributed by atoms with E-state index in [9.17, 15) is 0 Å². The van der Waals surface area contributed by atoms with Gasteiger partial charge in [-0.1, -0.05) is 121 Å². The van der Waals surface area contributed by atoms with Crippen LogP contribution in [0, 0.1) is 0 Å². The molecule has 0 aromatic rings. The van der Waals surface area contributed by atoms with Crippen molar-refractivity contribution in [1.82, 2.24) is 0 Å². The van der Waals surface area contributed by atoms with Crippen LogP contribution in [-0.2, 0) is 0 Å². The Bertz CT molecular complexity index is 249. The highest BCUT2D eigenvalue weighted by Crippen LogP contribution is 2.25. The van der Waals surface area contributed by atoms with Crippen LogP contribution >= 0.6 is 0 Å². The first-order valence-electron chi connectivity index (χ1n) is 10.0. The normalized spacial score (nSPS) is 11.5. The lowest BCUT2D eigenvalue weighted by Crippen LogP contribution is -2.29. The van der Waals surface area contributed by atoms with Gasteiger partial charge in [0.2, 0.25) is 0 Å². The molecular weight excluding hydrogens is 280 g/mol. The van der Waals surface area contributed by atoms with Crippen molar-refractivity contribution < 1.29 is 0 Å². The van der Waals surface area contributed by atoms with Crippen molar-refractivity contribution in [3.63, 3.8) is 0 Å². The minimum absolute atomic E-state index is 1.34. The van der Waals surface area contributed by atoms with Crippen LogP contribution in [0.5, 0.6) is 0 Å². The summed E-state index contributed by atoms with van der Waals surface area (Å²) >= 11 is 0. The van der Waals surface area contributed by atoms with Crippen molar-refractivity contribution in [2.75, 3.05) is 0 Å². The molecule has 130 valence electrons. The molecule has 0 fully saturated rings. The van der Waals surface area contributed by atoms with E-state index in [2.05, 4.69) is 38.4 Å². The van der Waals surface area contributed by atoms with Gasteiger partial charge in [-0.25, -0.2) is 0 Å². The highest BCUT2D eigenvalue weighted by atomic mass is 28.3. The monoisotopic (exact) mass is 322 g/mol. The van der Waals surface area contributed by atoms with E-state index in [-0.39, 0.29) is 0 Å². The molecule has 0 rings (SSSR count). The van der Waals surface area contributed by atoms with E-state index in [4.69, 9.17) is 0 Å². The van der Waals surface area contributed by atoms with Crippen LogP contribution in [0.25, 0.3) is 0 Å². The van der Waals surface area contributed by atoms with Crippen molar-refractivity contribution in [3.8, 4) is 0 Å². The molecule has 0 amide bonds. The fourth-order valence-corrected chi connectivity index (χ4v) is 6.31. The average molecular weight is 323 g/mol. The second-order valence-corrected chi connectivity index (χ2v) is 11.3. The summed E-state index contributed by atoms with van der Waals surface area (Å²) in [6, 6.07) is 2.78. The number of unbranched alkanes of at least 4 members (excludes halogenated alkanes) is 11. The fraction of sp³-hybridized carbons (Fsp3) is 0.810. The molecule has 0 bridgehead atoms.